The standard InChI is InChI=1S/C18H18F3N3O2S/c19-18(20,21)13-4-5-14(15(11-13)24-7-9-26-10-8-24)23-16(25)12-27-17-3-1-2-6-22-17/h1-6,11H,7-10,12H2,(H,23,25). The van der Waals surface area contributed by atoms with Crippen molar-refractivity contribution < 1.29 is 22.7 Å². The van der Waals surface area contributed by atoms with Crippen LogP contribution in [0.4, 0.5) is 24.5 Å². The SMILES string of the molecule is O=C(CSc1ccccn1)Nc1ccc(C(F)(F)F)cc1N1CCOCC1. The Morgan fingerprint density at radius 2 is 2.00 bits per heavy atom. The van der Waals surface area contributed by atoms with E-state index in [0.29, 0.717) is 42.7 Å². The van der Waals surface area contributed by atoms with Crippen LogP contribution in [0.3, 0.4) is 0 Å². The molecular weight excluding hydrogens is 379 g/mol. The van der Waals surface area contributed by atoms with E-state index in [1.807, 2.05) is 6.07 Å². The van der Waals surface area contributed by atoms with E-state index in [1.54, 1.807) is 23.2 Å². The van der Waals surface area contributed by atoms with Gasteiger partial charge in [-0.05, 0) is 30.3 Å². The number of hydrogen-bond donors (Lipinski definition) is 1. The number of carbonyl (C=O) groups excluding carboxylic acids is 1. The summed E-state index contributed by atoms with van der Waals surface area (Å²) in [6, 6.07) is 8.74. The first-order chi connectivity index (χ1) is 12.9. The van der Waals surface area contributed by atoms with Gasteiger partial charge in [-0.3, -0.25) is 4.79 Å². The normalized spacial score (nSPS) is 14.9. The fraction of sp³-hybridized carbons (Fsp3) is 0.333. The van der Waals surface area contributed by atoms with E-state index in [2.05, 4.69) is 10.3 Å². The minimum atomic E-state index is -4.45. The van der Waals surface area contributed by atoms with E-state index in [-0.39, 0.29) is 11.7 Å². The van der Waals surface area contributed by atoms with Crippen molar-refractivity contribution in [3.63, 3.8) is 0 Å². The maximum absolute atomic E-state index is 13.1. The summed E-state index contributed by atoms with van der Waals surface area (Å²) in [5.41, 5.74) is -0.0364. The molecule has 0 bridgehead atoms. The fourth-order valence-electron chi connectivity index (χ4n) is 2.64. The van der Waals surface area contributed by atoms with Gasteiger partial charge in [0.15, 0.2) is 0 Å². The number of benzene rings is 1. The van der Waals surface area contributed by atoms with Gasteiger partial charge in [-0.1, -0.05) is 17.8 Å². The van der Waals surface area contributed by atoms with E-state index >= 15 is 0 Å². The number of halogens is 3. The number of alkyl halides is 3. The number of aromatic nitrogens is 1. The van der Waals surface area contributed by atoms with Crippen molar-refractivity contribution in [3.8, 4) is 0 Å². The molecule has 0 radical (unpaired) electrons. The topological polar surface area (TPSA) is 54.5 Å². The van der Waals surface area contributed by atoms with Crippen molar-refractivity contribution in [1.29, 1.82) is 0 Å². The van der Waals surface area contributed by atoms with Crippen LogP contribution < -0.4 is 10.2 Å². The summed E-state index contributed by atoms with van der Waals surface area (Å²) in [6.45, 7) is 1.79. The molecule has 0 spiro atoms. The predicted molar refractivity (Wildman–Crippen MR) is 98.1 cm³/mol. The Bertz CT molecular complexity index is 781. The number of nitrogens with one attached hydrogen (secondary N) is 1. The van der Waals surface area contributed by atoms with Gasteiger partial charge in [0, 0.05) is 19.3 Å². The minimum absolute atomic E-state index is 0.112. The highest BCUT2D eigenvalue weighted by Crippen LogP contribution is 2.36. The van der Waals surface area contributed by atoms with Gasteiger partial charge in [0.1, 0.15) is 0 Å². The molecule has 1 aromatic heterocycles. The second-order valence-corrected chi connectivity index (χ2v) is 6.83. The van der Waals surface area contributed by atoms with Crippen molar-refractivity contribution in [2.45, 2.75) is 11.2 Å². The minimum Gasteiger partial charge on any atom is -0.378 e. The Hall–Kier alpha value is -2.26. The molecule has 2 heterocycles. The lowest BCUT2D eigenvalue weighted by atomic mass is 10.1. The Kier molecular flexibility index (Phi) is 6.22. The number of anilines is 2. The average Bonchev–Trinajstić information content (AvgIpc) is 2.67. The lowest BCUT2D eigenvalue weighted by molar-refractivity contribution is -0.137. The van der Waals surface area contributed by atoms with Crippen LogP contribution >= 0.6 is 11.8 Å². The average molecular weight is 397 g/mol. The Balaban J connectivity index is 1.75. The Morgan fingerprint density at radius 1 is 1.22 bits per heavy atom. The molecule has 144 valence electrons. The van der Waals surface area contributed by atoms with Crippen molar-refractivity contribution in [3.05, 3.63) is 48.2 Å². The zero-order valence-corrected chi connectivity index (χ0v) is 15.1. The maximum atomic E-state index is 13.1. The van der Waals surface area contributed by atoms with Crippen molar-refractivity contribution in [2.24, 2.45) is 0 Å². The molecule has 27 heavy (non-hydrogen) atoms. The number of amides is 1. The molecule has 0 unspecified atom stereocenters. The van der Waals surface area contributed by atoms with Crippen LogP contribution in [0.25, 0.3) is 0 Å². The van der Waals surface area contributed by atoms with Gasteiger partial charge in [0.25, 0.3) is 0 Å². The molecule has 1 aliphatic rings. The van der Waals surface area contributed by atoms with Gasteiger partial charge in [-0.15, -0.1) is 0 Å². The fourth-order valence-corrected chi connectivity index (χ4v) is 3.30. The molecule has 3 rings (SSSR count). The van der Waals surface area contributed by atoms with Crippen LogP contribution in [0.5, 0.6) is 0 Å². The van der Waals surface area contributed by atoms with Gasteiger partial charge in [-0.2, -0.15) is 13.2 Å². The molecule has 0 atom stereocenters. The van der Waals surface area contributed by atoms with Gasteiger partial charge in [0.2, 0.25) is 5.91 Å². The van der Waals surface area contributed by atoms with Crippen molar-refractivity contribution >= 4 is 29.0 Å². The van der Waals surface area contributed by atoms with E-state index in [4.69, 9.17) is 4.74 Å². The summed E-state index contributed by atoms with van der Waals surface area (Å²) < 4.78 is 44.6. The first-order valence-electron chi connectivity index (χ1n) is 8.31. The third-order valence-electron chi connectivity index (χ3n) is 3.94. The summed E-state index contributed by atoms with van der Waals surface area (Å²) in [7, 11) is 0. The Labute approximate surface area is 158 Å². The van der Waals surface area contributed by atoms with Crippen LogP contribution in [-0.4, -0.2) is 42.9 Å². The zero-order valence-electron chi connectivity index (χ0n) is 14.3. The highest BCUT2D eigenvalue weighted by Gasteiger charge is 2.32. The maximum Gasteiger partial charge on any atom is 0.416 e. The van der Waals surface area contributed by atoms with Crippen molar-refractivity contribution in [2.75, 3.05) is 42.3 Å². The first-order valence-corrected chi connectivity index (χ1v) is 9.29. The highest BCUT2D eigenvalue weighted by atomic mass is 32.2. The molecule has 1 fully saturated rings. The Morgan fingerprint density at radius 3 is 2.67 bits per heavy atom. The zero-order chi connectivity index (χ0) is 19.3. The molecule has 9 heteroatoms. The monoisotopic (exact) mass is 397 g/mol. The van der Waals surface area contributed by atoms with Crippen molar-refractivity contribution in [1.82, 2.24) is 4.98 Å². The number of rotatable bonds is 5. The third kappa shape index (κ3) is 5.36. The number of ether oxygens (including phenoxy) is 1. The van der Waals surface area contributed by atoms with Gasteiger partial charge in [0.05, 0.1) is 40.9 Å². The number of morpholine rings is 1. The summed E-state index contributed by atoms with van der Waals surface area (Å²) >= 11 is 1.26. The highest BCUT2D eigenvalue weighted by molar-refractivity contribution is 7.99. The largest absolute Gasteiger partial charge is 0.416 e. The van der Waals surface area contributed by atoms with Gasteiger partial charge < -0.3 is 15.0 Å². The van der Waals surface area contributed by atoms with E-state index < -0.39 is 11.7 Å². The first kappa shape index (κ1) is 19.5. The molecule has 1 amide bonds. The third-order valence-corrected chi connectivity index (χ3v) is 4.88. The quantitative estimate of drug-likeness (QED) is 0.781. The number of pyridine rings is 1. The van der Waals surface area contributed by atoms with Gasteiger partial charge >= 0.3 is 6.18 Å². The molecule has 0 saturated carbocycles. The van der Waals surface area contributed by atoms with Crippen LogP contribution in [0, 0.1) is 0 Å². The second kappa shape index (κ2) is 8.62. The lowest BCUT2D eigenvalue weighted by Gasteiger charge is -2.31. The molecule has 5 nitrogen and oxygen atoms in total. The molecule has 0 aliphatic carbocycles. The lowest BCUT2D eigenvalue weighted by Crippen LogP contribution is -2.37. The molecule has 1 aliphatic heterocycles. The molecule has 1 saturated heterocycles. The summed E-state index contributed by atoms with van der Waals surface area (Å²) in [4.78, 5) is 18.2. The van der Waals surface area contributed by atoms with Crippen LogP contribution in [0.2, 0.25) is 0 Å². The summed E-state index contributed by atoms with van der Waals surface area (Å²) in [6.07, 6.45) is -2.81. The molecule has 1 aromatic carbocycles. The molecular formula is C18H18F3N3O2S. The van der Waals surface area contributed by atoms with Crippen LogP contribution in [0.15, 0.2) is 47.6 Å². The van der Waals surface area contributed by atoms with Crippen LogP contribution in [-0.2, 0) is 15.7 Å². The van der Waals surface area contributed by atoms with E-state index in [0.717, 1.165) is 12.1 Å². The molecule has 1 N–H and O–H groups in total. The van der Waals surface area contributed by atoms with E-state index in [9.17, 15) is 18.0 Å². The van der Waals surface area contributed by atoms with Crippen LogP contribution in [0.1, 0.15) is 5.56 Å². The predicted octanol–water partition coefficient (Wildman–Crippen LogP) is 3.67. The summed E-state index contributed by atoms with van der Waals surface area (Å²) in [5.74, 6) is -0.194. The summed E-state index contributed by atoms with van der Waals surface area (Å²) in [5, 5.41) is 3.42. The number of carbonyl (C=O) groups is 1. The molecule has 2 aromatic rings. The van der Waals surface area contributed by atoms with Gasteiger partial charge in [-0.25, -0.2) is 4.98 Å². The number of thioether (sulfide) groups is 1. The second-order valence-electron chi connectivity index (χ2n) is 5.83. The smallest absolute Gasteiger partial charge is 0.378 e. The number of hydrogen-bond acceptors (Lipinski definition) is 5. The van der Waals surface area contributed by atoms with E-state index in [1.165, 1.54) is 17.8 Å². The number of nitrogens with zero attached hydrogens (tertiary/aromatic N) is 2.